The predicted molar refractivity (Wildman–Crippen MR) is 102 cm³/mol. The molecule has 0 bridgehead atoms. The van der Waals surface area contributed by atoms with Crippen molar-refractivity contribution in [3.8, 4) is 0 Å². The Labute approximate surface area is 154 Å². The molecule has 142 valence electrons. The van der Waals surface area contributed by atoms with Crippen molar-refractivity contribution in [2.75, 3.05) is 23.7 Å². The van der Waals surface area contributed by atoms with Crippen LogP contribution >= 0.6 is 0 Å². The van der Waals surface area contributed by atoms with Gasteiger partial charge in [-0.3, -0.25) is 9.59 Å². The number of benzene rings is 1. The van der Waals surface area contributed by atoms with Crippen LogP contribution in [0.4, 0.5) is 16.2 Å². The summed E-state index contributed by atoms with van der Waals surface area (Å²) in [7, 11) is 0. The standard InChI is InChI=1S/C19H28N4O3/c1-12(2)9-18(25)21-15-6-5-13(3)16(10-15)22-19(26)23-8-7-17(24)20-11-14(23)4/h5-6,10,12,14H,7-9,11H2,1-4H3,(H,20,24)(H,21,25)(H,22,26). The van der Waals surface area contributed by atoms with E-state index in [1.165, 1.54) is 0 Å². The van der Waals surface area contributed by atoms with Crippen LogP contribution in [-0.4, -0.2) is 41.9 Å². The fraction of sp³-hybridized carbons (Fsp3) is 0.526. The average Bonchev–Trinajstić information content (AvgIpc) is 2.71. The van der Waals surface area contributed by atoms with Crippen molar-refractivity contribution in [2.45, 2.75) is 46.6 Å². The summed E-state index contributed by atoms with van der Waals surface area (Å²) in [6, 6.07) is 5.10. The molecular weight excluding hydrogens is 332 g/mol. The van der Waals surface area contributed by atoms with Crippen molar-refractivity contribution in [3.05, 3.63) is 23.8 Å². The minimum absolute atomic E-state index is 0.0433. The number of carbonyl (C=O) groups excluding carboxylic acids is 3. The second-order valence-corrected chi connectivity index (χ2v) is 7.20. The third-order valence-electron chi connectivity index (χ3n) is 4.32. The molecule has 1 aliphatic rings. The van der Waals surface area contributed by atoms with E-state index in [0.29, 0.717) is 37.3 Å². The second-order valence-electron chi connectivity index (χ2n) is 7.20. The summed E-state index contributed by atoms with van der Waals surface area (Å²) in [4.78, 5) is 37.8. The van der Waals surface area contributed by atoms with Gasteiger partial charge in [0.25, 0.3) is 0 Å². The summed E-state index contributed by atoms with van der Waals surface area (Å²) in [5.41, 5.74) is 2.20. The third-order valence-corrected chi connectivity index (χ3v) is 4.32. The molecule has 2 rings (SSSR count). The summed E-state index contributed by atoms with van der Waals surface area (Å²) in [6.45, 7) is 8.59. The van der Waals surface area contributed by atoms with Gasteiger partial charge in [-0.2, -0.15) is 0 Å². The average molecular weight is 360 g/mol. The fourth-order valence-corrected chi connectivity index (χ4v) is 2.81. The van der Waals surface area contributed by atoms with E-state index in [1.807, 2.05) is 39.8 Å². The molecule has 1 aromatic carbocycles. The number of rotatable bonds is 4. The van der Waals surface area contributed by atoms with E-state index in [0.717, 1.165) is 5.56 Å². The Bertz CT molecular complexity index is 687. The number of carbonyl (C=O) groups is 3. The van der Waals surface area contributed by atoms with Crippen LogP contribution in [0.25, 0.3) is 0 Å². The molecule has 26 heavy (non-hydrogen) atoms. The highest BCUT2D eigenvalue weighted by Crippen LogP contribution is 2.22. The summed E-state index contributed by atoms with van der Waals surface area (Å²) < 4.78 is 0. The highest BCUT2D eigenvalue weighted by molar-refractivity contribution is 5.94. The monoisotopic (exact) mass is 360 g/mol. The lowest BCUT2D eigenvalue weighted by atomic mass is 10.1. The first kappa shape index (κ1) is 19.8. The second kappa shape index (κ2) is 8.69. The van der Waals surface area contributed by atoms with Gasteiger partial charge >= 0.3 is 6.03 Å². The molecule has 4 amide bonds. The Kier molecular flexibility index (Phi) is 6.60. The molecular formula is C19H28N4O3. The molecule has 0 saturated carbocycles. The zero-order chi connectivity index (χ0) is 19.3. The van der Waals surface area contributed by atoms with Gasteiger partial charge in [-0.15, -0.1) is 0 Å². The zero-order valence-corrected chi connectivity index (χ0v) is 15.9. The number of amides is 4. The minimum Gasteiger partial charge on any atom is -0.354 e. The lowest BCUT2D eigenvalue weighted by Crippen LogP contribution is -2.44. The molecule has 0 aliphatic carbocycles. The number of nitrogens with zero attached hydrogens (tertiary/aromatic N) is 1. The number of hydrogen-bond acceptors (Lipinski definition) is 3. The summed E-state index contributed by atoms with van der Waals surface area (Å²) in [5, 5.41) is 8.56. The molecule has 7 heteroatoms. The molecule has 1 saturated heterocycles. The van der Waals surface area contributed by atoms with Crippen molar-refractivity contribution in [1.29, 1.82) is 0 Å². The van der Waals surface area contributed by atoms with Crippen molar-refractivity contribution in [1.82, 2.24) is 10.2 Å². The minimum atomic E-state index is -0.247. The first-order valence-corrected chi connectivity index (χ1v) is 9.01. The van der Waals surface area contributed by atoms with E-state index in [-0.39, 0.29) is 29.8 Å². The number of aryl methyl sites for hydroxylation is 1. The van der Waals surface area contributed by atoms with Gasteiger partial charge in [0.2, 0.25) is 11.8 Å². The summed E-state index contributed by atoms with van der Waals surface area (Å²) >= 11 is 0. The smallest absolute Gasteiger partial charge is 0.322 e. The summed E-state index contributed by atoms with van der Waals surface area (Å²) in [6.07, 6.45) is 0.740. The van der Waals surface area contributed by atoms with Gasteiger partial charge in [0, 0.05) is 43.3 Å². The topological polar surface area (TPSA) is 90.5 Å². The lowest BCUT2D eigenvalue weighted by Gasteiger charge is -2.27. The third kappa shape index (κ3) is 5.47. The van der Waals surface area contributed by atoms with Crippen LogP contribution in [-0.2, 0) is 9.59 Å². The van der Waals surface area contributed by atoms with Crippen molar-refractivity contribution in [2.24, 2.45) is 5.92 Å². The highest BCUT2D eigenvalue weighted by Gasteiger charge is 2.24. The van der Waals surface area contributed by atoms with Crippen LogP contribution in [0.5, 0.6) is 0 Å². The van der Waals surface area contributed by atoms with Crippen LogP contribution in [0.3, 0.4) is 0 Å². The van der Waals surface area contributed by atoms with Crippen LogP contribution < -0.4 is 16.0 Å². The van der Waals surface area contributed by atoms with Crippen LogP contribution in [0.1, 0.15) is 39.2 Å². The zero-order valence-electron chi connectivity index (χ0n) is 15.9. The van der Waals surface area contributed by atoms with E-state index in [1.54, 1.807) is 11.0 Å². The first-order valence-electron chi connectivity index (χ1n) is 9.01. The van der Waals surface area contributed by atoms with E-state index < -0.39 is 0 Å². The van der Waals surface area contributed by atoms with Gasteiger partial charge in [0.15, 0.2) is 0 Å². The van der Waals surface area contributed by atoms with E-state index in [9.17, 15) is 14.4 Å². The van der Waals surface area contributed by atoms with Gasteiger partial charge < -0.3 is 20.9 Å². The normalized spacial score (nSPS) is 17.5. The van der Waals surface area contributed by atoms with E-state index in [2.05, 4.69) is 16.0 Å². The molecule has 0 aromatic heterocycles. The van der Waals surface area contributed by atoms with Gasteiger partial charge in [-0.05, 0) is 37.5 Å². The van der Waals surface area contributed by atoms with Gasteiger partial charge in [-0.25, -0.2) is 4.79 Å². The van der Waals surface area contributed by atoms with Crippen molar-refractivity contribution in [3.63, 3.8) is 0 Å². The Balaban J connectivity index is 2.08. The SMILES string of the molecule is Cc1ccc(NC(=O)CC(C)C)cc1NC(=O)N1CCC(=O)NCC1C. The quantitative estimate of drug-likeness (QED) is 0.771. The van der Waals surface area contributed by atoms with Gasteiger partial charge in [0.05, 0.1) is 0 Å². The van der Waals surface area contributed by atoms with Crippen molar-refractivity contribution < 1.29 is 14.4 Å². The molecule has 1 atom stereocenters. The van der Waals surface area contributed by atoms with Gasteiger partial charge in [-0.1, -0.05) is 19.9 Å². The molecule has 1 heterocycles. The van der Waals surface area contributed by atoms with E-state index in [4.69, 9.17) is 0 Å². The molecule has 1 unspecified atom stereocenters. The largest absolute Gasteiger partial charge is 0.354 e. The maximum absolute atomic E-state index is 12.7. The Morgan fingerprint density at radius 1 is 1.31 bits per heavy atom. The number of urea groups is 1. The molecule has 3 N–H and O–H groups in total. The maximum atomic E-state index is 12.7. The van der Waals surface area contributed by atoms with E-state index >= 15 is 0 Å². The van der Waals surface area contributed by atoms with Crippen LogP contribution in [0.15, 0.2) is 18.2 Å². The Morgan fingerprint density at radius 3 is 2.73 bits per heavy atom. The number of hydrogen-bond donors (Lipinski definition) is 3. The number of nitrogens with one attached hydrogen (secondary N) is 3. The lowest BCUT2D eigenvalue weighted by molar-refractivity contribution is -0.120. The molecule has 0 radical (unpaired) electrons. The van der Waals surface area contributed by atoms with Crippen LogP contribution in [0.2, 0.25) is 0 Å². The Morgan fingerprint density at radius 2 is 2.04 bits per heavy atom. The molecule has 1 aromatic rings. The summed E-state index contributed by atoms with van der Waals surface area (Å²) in [5.74, 6) is 0.186. The van der Waals surface area contributed by atoms with Crippen molar-refractivity contribution >= 4 is 29.2 Å². The van der Waals surface area contributed by atoms with Gasteiger partial charge in [0.1, 0.15) is 0 Å². The highest BCUT2D eigenvalue weighted by atomic mass is 16.2. The molecule has 1 aliphatic heterocycles. The van der Waals surface area contributed by atoms with Crippen LogP contribution in [0, 0.1) is 12.8 Å². The fourth-order valence-electron chi connectivity index (χ4n) is 2.81. The predicted octanol–water partition coefficient (Wildman–Crippen LogP) is 2.72. The maximum Gasteiger partial charge on any atom is 0.322 e. The molecule has 7 nitrogen and oxygen atoms in total. The Hall–Kier alpha value is -2.57. The number of anilines is 2. The molecule has 1 fully saturated rings. The first-order chi connectivity index (χ1) is 12.3. The molecule has 0 spiro atoms.